The van der Waals surface area contributed by atoms with E-state index < -0.39 is 7.60 Å². The number of hydrogen-bond acceptors (Lipinski definition) is 3. The molecule has 4 heteroatoms. The van der Waals surface area contributed by atoms with Crippen LogP contribution in [0.1, 0.15) is 25.0 Å². The fourth-order valence-electron chi connectivity index (χ4n) is 2.14. The third-order valence-electron chi connectivity index (χ3n) is 3.50. The molecule has 0 saturated heterocycles. The first-order valence-electron chi connectivity index (χ1n) is 7.85. The molecule has 122 valence electrons. The van der Waals surface area contributed by atoms with Gasteiger partial charge in [0, 0.05) is 0 Å². The quantitative estimate of drug-likeness (QED) is 0.463. The normalized spacial score (nSPS) is 11.0. The Morgan fingerprint density at radius 2 is 1.26 bits per heavy atom. The summed E-state index contributed by atoms with van der Waals surface area (Å²) in [6.45, 7) is 7.82. The molecule has 0 N–H and O–H groups in total. The molecule has 0 aliphatic heterocycles. The predicted molar refractivity (Wildman–Crippen MR) is 95.6 cm³/mol. The van der Waals surface area contributed by atoms with E-state index in [0.717, 1.165) is 12.8 Å². The smallest absolute Gasteiger partial charge is 0.416 e. The minimum atomic E-state index is -3.33. The number of rotatable bonds is 8. The Morgan fingerprint density at radius 1 is 0.870 bits per heavy atom. The average Bonchev–Trinajstić information content (AvgIpc) is 2.56. The summed E-state index contributed by atoms with van der Waals surface area (Å²) in [5.74, 6) is 1.08. The number of hydrogen-bond donors (Lipinski definition) is 0. The highest BCUT2D eigenvalue weighted by atomic mass is 31.2. The van der Waals surface area contributed by atoms with Gasteiger partial charge in [-0.3, -0.25) is 0 Å². The highest BCUT2D eigenvalue weighted by Crippen LogP contribution is 2.48. The van der Waals surface area contributed by atoms with Crippen molar-refractivity contribution in [2.45, 2.75) is 26.7 Å². The maximum Gasteiger partial charge on any atom is 0.434 e. The van der Waals surface area contributed by atoms with Gasteiger partial charge in [0.15, 0.2) is 0 Å². The van der Waals surface area contributed by atoms with Crippen molar-refractivity contribution in [3.05, 3.63) is 72.3 Å². The molecule has 0 aromatic heterocycles. The molecule has 0 atom stereocenters. The molecule has 0 spiro atoms. The van der Waals surface area contributed by atoms with Gasteiger partial charge >= 0.3 is 7.60 Å². The highest BCUT2D eigenvalue weighted by molar-refractivity contribution is 7.54. The fraction of sp³-hybridized carbons (Fsp3) is 0.263. The summed E-state index contributed by atoms with van der Waals surface area (Å²) in [5.41, 5.74) is 2.40. The van der Waals surface area contributed by atoms with E-state index in [4.69, 9.17) is 9.05 Å². The van der Waals surface area contributed by atoms with Gasteiger partial charge in [0.05, 0.1) is 6.16 Å². The first-order valence-corrected chi connectivity index (χ1v) is 9.58. The van der Waals surface area contributed by atoms with Crippen molar-refractivity contribution < 1.29 is 13.6 Å². The molecule has 0 unspecified atom stereocenters. The third-order valence-corrected chi connectivity index (χ3v) is 5.19. The Kier molecular flexibility index (Phi) is 6.06. The average molecular weight is 330 g/mol. The van der Waals surface area contributed by atoms with Crippen molar-refractivity contribution in [1.29, 1.82) is 0 Å². The molecule has 3 nitrogen and oxygen atoms in total. The molecule has 2 rings (SSSR count). The largest absolute Gasteiger partial charge is 0.434 e. The van der Waals surface area contributed by atoms with Crippen LogP contribution >= 0.6 is 7.60 Å². The van der Waals surface area contributed by atoms with Crippen LogP contribution in [-0.2, 0) is 17.4 Å². The molecular formula is C19H23O3P. The summed E-state index contributed by atoms with van der Waals surface area (Å²) in [7, 11) is -3.33. The van der Waals surface area contributed by atoms with Crippen molar-refractivity contribution in [3.8, 4) is 11.5 Å². The zero-order chi connectivity index (χ0) is 16.7. The van der Waals surface area contributed by atoms with Crippen LogP contribution in [0.2, 0.25) is 0 Å². The zero-order valence-corrected chi connectivity index (χ0v) is 14.6. The molecule has 0 radical (unpaired) electrons. The van der Waals surface area contributed by atoms with E-state index in [0.29, 0.717) is 11.5 Å². The van der Waals surface area contributed by atoms with Crippen LogP contribution < -0.4 is 9.05 Å². The molecular weight excluding hydrogens is 307 g/mol. The van der Waals surface area contributed by atoms with Crippen molar-refractivity contribution in [2.24, 2.45) is 0 Å². The van der Waals surface area contributed by atoms with Gasteiger partial charge in [0.2, 0.25) is 0 Å². The van der Waals surface area contributed by atoms with Gasteiger partial charge in [-0.05, 0) is 48.2 Å². The monoisotopic (exact) mass is 330 g/mol. The van der Waals surface area contributed by atoms with Crippen LogP contribution in [0.3, 0.4) is 0 Å². The minimum Gasteiger partial charge on any atom is -0.416 e. The number of allylic oxidation sites excluding steroid dienone is 1. The summed E-state index contributed by atoms with van der Waals surface area (Å²) in [6, 6.07) is 15.1. The lowest BCUT2D eigenvalue weighted by Crippen LogP contribution is -2.04. The van der Waals surface area contributed by atoms with E-state index in [-0.39, 0.29) is 6.16 Å². The Labute approximate surface area is 138 Å². The first-order chi connectivity index (χ1) is 11.1. The predicted octanol–water partition coefficient (Wildman–Crippen LogP) is 5.65. The lowest BCUT2D eigenvalue weighted by atomic mass is 10.2. The van der Waals surface area contributed by atoms with Crippen molar-refractivity contribution in [1.82, 2.24) is 0 Å². The Bertz CT molecular complexity index is 621. The zero-order valence-electron chi connectivity index (χ0n) is 13.7. The van der Waals surface area contributed by atoms with Gasteiger partial charge in [-0.2, -0.15) is 0 Å². The van der Waals surface area contributed by atoms with Crippen molar-refractivity contribution in [2.75, 3.05) is 6.16 Å². The molecule has 0 fully saturated rings. The van der Waals surface area contributed by atoms with Crippen LogP contribution in [0, 0.1) is 0 Å². The van der Waals surface area contributed by atoms with Gasteiger partial charge < -0.3 is 9.05 Å². The molecule has 23 heavy (non-hydrogen) atoms. The van der Waals surface area contributed by atoms with Crippen molar-refractivity contribution in [3.63, 3.8) is 0 Å². The van der Waals surface area contributed by atoms with Gasteiger partial charge in [-0.15, -0.1) is 6.58 Å². The van der Waals surface area contributed by atoms with Gasteiger partial charge in [-0.1, -0.05) is 44.2 Å². The highest BCUT2D eigenvalue weighted by Gasteiger charge is 2.26. The van der Waals surface area contributed by atoms with Gasteiger partial charge in [0.25, 0.3) is 0 Å². The summed E-state index contributed by atoms with van der Waals surface area (Å²) >= 11 is 0. The molecule has 2 aromatic carbocycles. The summed E-state index contributed by atoms with van der Waals surface area (Å²) < 4.78 is 24.3. The van der Waals surface area contributed by atoms with E-state index in [1.54, 1.807) is 6.08 Å². The molecule has 0 aliphatic carbocycles. The lowest BCUT2D eigenvalue weighted by molar-refractivity contribution is 0.389. The molecule has 0 amide bonds. The first kappa shape index (κ1) is 17.4. The summed E-state index contributed by atoms with van der Waals surface area (Å²) in [6.07, 6.45) is 3.61. The summed E-state index contributed by atoms with van der Waals surface area (Å²) in [5, 5.41) is 0. The van der Waals surface area contributed by atoms with Crippen LogP contribution in [0.4, 0.5) is 0 Å². The Hall–Kier alpha value is -1.99. The molecule has 0 bridgehead atoms. The molecule has 0 saturated carbocycles. The molecule has 2 aromatic rings. The second kappa shape index (κ2) is 8.03. The Morgan fingerprint density at radius 3 is 1.57 bits per heavy atom. The second-order valence-corrected chi connectivity index (χ2v) is 7.21. The minimum absolute atomic E-state index is 0.151. The van der Waals surface area contributed by atoms with E-state index in [1.807, 2.05) is 48.5 Å². The maximum absolute atomic E-state index is 12.9. The van der Waals surface area contributed by atoms with Crippen LogP contribution in [-0.4, -0.2) is 6.16 Å². The lowest BCUT2D eigenvalue weighted by Gasteiger charge is -2.19. The third kappa shape index (κ3) is 5.01. The second-order valence-electron chi connectivity index (χ2n) is 5.26. The van der Waals surface area contributed by atoms with Crippen LogP contribution in [0.5, 0.6) is 11.5 Å². The standard InChI is InChI=1S/C19H23O3P/c1-4-15-23(20,21-18-11-7-16(5-2)8-12-18)22-19-13-9-17(6-3)10-14-19/h4,7-14H,1,5-6,15H2,2-3H3. The SMILES string of the molecule is C=CCP(=O)(Oc1ccc(CC)cc1)Oc1ccc(CC)cc1. The van der Waals surface area contributed by atoms with Crippen molar-refractivity contribution >= 4 is 7.60 Å². The van der Waals surface area contributed by atoms with Gasteiger partial charge in [0.1, 0.15) is 11.5 Å². The Balaban J connectivity index is 2.16. The van der Waals surface area contributed by atoms with E-state index in [1.165, 1.54) is 11.1 Å². The fourth-order valence-corrected chi connectivity index (χ4v) is 3.53. The van der Waals surface area contributed by atoms with Gasteiger partial charge in [-0.25, -0.2) is 4.57 Å². The van der Waals surface area contributed by atoms with Crippen LogP contribution in [0.25, 0.3) is 0 Å². The molecule has 0 heterocycles. The van der Waals surface area contributed by atoms with E-state index in [9.17, 15) is 4.57 Å². The van der Waals surface area contributed by atoms with Crippen LogP contribution in [0.15, 0.2) is 61.2 Å². The topological polar surface area (TPSA) is 35.5 Å². The van der Waals surface area contributed by atoms with E-state index >= 15 is 0 Å². The number of aryl methyl sites for hydroxylation is 2. The molecule has 0 aliphatic rings. The number of benzene rings is 2. The van der Waals surface area contributed by atoms with E-state index in [2.05, 4.69) is 20.4 Å². The summed E-state index contributed by atoms with van der Waals surface area (Å²) in [4.78, 5) is 0. The maximum atomic E-state index is 12.9.